The number of ether oxygens (including phenoxy) is 4. The lowest BCUT2D eigenvalue weighted by molar-refractivity contribution is -0.142. The molecule has 0 aliphatic carbocycles. The molecule has 0 amide bonds. The summed E-state index contributed by atoms with van der Waals surface area (Å²) in [7, 11) is 1.30. The van der Waals surface area contributed by atoms with E-state index in [2.05, 4.69) is 4.74 Å². The van der Waals surface area contributed by atoms with Gasteiger partial charge in [-0.2, -0.15) is 0 Å². The molecule has 1 aliphatic heterocycles. The van der Waals surface area contributed by atoms with Crippen LogP contribution >= 0.6 is 0 Å². The number of fused-ring (bicyclic) bond motifs is 2. The van der Waals surface area contributed by atoms with Gasteiger partial charge in [0.25, 0.3) is 0 Å². The highest BCUT2D eigenvalue weighted by atomic mass is 16.6. The summed E-state index contributed by atoms with van der Waals surface area (Å²) in [6.07, 6.45) is 0. The summed E-state index contributed by atoms with van der Waals surface area (Å²) in [4.78, 5) is 23.9. The first-order valence-corrected chi connectivity index (χ1v) is 8.74. The van der Waals surface area contributed by atoms with Crippen LogP contribution in [0.3, 0.4) is 0 Å². The van der Waals surface area contributed by atoms with Crippen LogP contribution in [0.1, 0.15) is 5.56 Å². The van der Waals surface area contributed by atoms with Gasteiger partial charge in [-0.3, -0.25) is 0 Å². The monoisotopic (exact) mass is 382 g/mol. The SMILES string of the molecule is COC(=O)COc1ccc2oc(=O)c(-c3ccc4c(c3)OCCO4)c(C)c2c1. The van der Waals surface area contributed by atoms with Crippen molar-refractivity contribution in [2.24, 2.45) is 0 Å². The van der Waals surface area contributed by atoms with Crippen LogP contribution in [0.15, 0.2) is 45.6 Å². The van der Waals surface area contributed by atoms with Crippen molar-refractivity contribution in [3.63, 3.8) is 0 Å². The maximum Gasteiger partial charge on any atom is 0.344 e. The van der Waals surface area contributed by atoms with Crippen LogP contribution in [0, 0.1) is 6.92 Å². The van der Waals surface area contributed by atoms with Gasteiger partial charge < -0.3 is 23.4 Å². The number of hydrogen-bond acceptors (Lipinski definition) is 7. The van der Waals surface area contributed by atoms with Gasteiger partial charge in [0, 0.05) is 5.39 Å². The predicted molar refractivity (Wildman–Crippen MR) is 101 cm³/mol. The van der Waals surface area contributed by atoms with Gasteiger partial charge >= 0.3 is 11.6 Å². The van der Waals surface area contributed by atoms with E-state index in [0.29, 0.717) is 52.6 Å². The standard InChI is InChI=1S/C21H18O7/c1-12-15-10-14(27-11-19(22)24-2)4-6-16(15)28-21(23)20(12)13-3-5-17-18(9-13)26-8-7-25-17/h3-6,9-10H,7-8,11H2,1-2H3. The minimum absolute atomic E-state index is 0.202. The van der Waals surface area contributed by atoms with Crippen molar-refractivity contribution in [3.05, 3.63) is 52.4 Å². The summed E-state index contributed by atoms with van der Waals surface area (Å²) in [5.74, 6) is 1.24. The van der Waals surface area contributed by atoms with Crippen LogP contribution in [0.25, 0.3) is 22.1 Å². The second kappa shape index (κ2) is 7.26. The van der Waals surface area contributed by atoms with Crippen molar-refractivity contribution in [2.45, 2.75) is 6.92 Å². The van der Waals surface area contributed by atoms with Gasteiger partial charge in [-0.05, 0) is 48.4 Å². The van der Waals surface area contributed by atoms with E-state index in [4.69, 9.17) is 18.6 Å². The molecule has 0 bridgehead atoms. The van der Waals surface area contributed by atoms with E-state index >= 15 is 0 Å². The molecule has 2 heterocycles. The number of aryl methyl sites for hydroxylation is 1. The van der Waals surface area contributed by atoms with E-state index in [1.807, 2.05) is 6.92 Å². The number of esters is 1. The Morgan fingerprint density at radius 3 is 2.64 bits per heavy atom. The van der Waals surface area contributed by atoms with Crippen molar-refractivity contribution in [1.29, 1.82) is 0 Å². The van der Waals surface area contributed by atoms with E-state index in [9.17, 15) is 9.59 Å². The Kier molecular flexibility index (Phi) is 4.65. The maximum atomic E-state index is 12.6. The quantitative estimate of drug-likeness (QED) is 0.506. The fourth-order valence-corrected chi connectivity index (χ4v) is 3.15. The van der Waals surface area contributed by atoms with Gasteiger partial charge in [-0.25, -0.2) is 9.59 Å². The third kappa shape index (κ3) is 3.26. The first-order chi connectivity index (χ1) is 13.6. The lowest BCUT2D eigenvalue weighted by Gasteiger charge is -2.19. The lowest BCUT2D eigenvalue weighted by Crippen LogP contribution is -2.15. The maximum absolute atomic E-state index is 12.6. The number of methoxy groups -OCH3 is 1. The summed E-state index contributed by atoms with van der Waals surface area (Å²) < 4.78 is 26.7. The third-order valence-electron chi connectivity index (χ3n) is 4.55. The largest absolute Gasteiger partial charge is 0.486 e. The average Bonchev–Trinajstić information content (AvgIpc) is 2.72. The normalized spacial score (nSPS) is 12.6. The molecule has 0 radical (unpaired) electrons. The topological polar surface area (TPSA) is 84.2 Å². The Hall–Kier alpha value is -3.48. The molecule has 1 aliphatic rings. The second-order valence-electron chi connectivity index (χ2n) is 6.27. The molecule has 0 spiro atoms. The zero-order valence-corrected chi connectivity index (χ0v) is 15.4. The van der Waals surface area contributed by atoms with E-state index < -0.39 is 11.6 Å². The highest BCUT2D eigenvalue weighted by molar-refractivity contribution is 5.88. The Bertz CT molecular complexity index is 1110. The minimum Gasteiger partial charge on any atom is -0.486 e. The molecular weight excluding hydrogens is 364 g/mol. The van der Waals surface area contributed by atoms with Crippen LogP contribution in [-0.2, 0) is 9.53 Å². The zero-order valence-electron chi connectivity index (χ0n) is 15.4. The molecule has 0 atom stereocenters. The summed E-state index contributed by atoms with van der Waals surface area (Å²) in [6, 6.07) is 10.4. The highest BCUT2D eigenvalue weighted by Gasteiger charge is 2.18. The molecule has 7 nitrogen and oxygen atoms in total. The Labute approximate surface area is 160 Å². The molecule has 0 N–H and O–H groups in total. The molecule has 2 aromatic carbocycles. The predicted octanol–water partition coefficient (Wildman–Crippen LogP) is 3.09. The van der Waals surface area contributed by atoms with E-state index in [0.717, 1.165) is 5.56 Å². The molecule has 0 fully saturated rings. The van der Waals surface area contributed by atoms with E-state index in [1.54, 1.807) is 36.4 Å². The first-order valence-electron chi connectivity index (χ1n) is 8.74. The number of rotatable bonds is 4. The molecule has 0 saturated heterocycles. The number of carbonyl (C=O) groups is 1. The fourth-order valence-electron chi connectivity index (χ4n) is 3.15. The minimum atomic E-state index is -0.478. The molecule has 4 rings (SSSR count). The van der Waals surface area contributed by atoms with Gasteiger partial charge in [0.05, 0.1) is 12.7 Å². The Morgan fingerprint density at radius 1 is 1.07 bits per heavy atom. The molecule has 0 saturated carbocycles. The summed E-state index contributed by atoms with van der Waals surface area (Å²) in [5.41, 5.74) is 1.86. The van der Waals surface area contributed by atoms with Gasteiger partial charge in [0.1, 0.15) is 24.5 Å². The molecule has 144 valence electrons. The Balaban J connectivity index is 1.78. The smallest absolute Gasteiger partial charge is 0.344 e. The number of carbonyl (C=O) groups excluding carboxylic acids is 1. The van der Waals surface area contributed by atoms with Crippen molar-refractivity contribution in [1.82, 2.24) is 0 Å². The number of benzene rings is 2. The molecular formula is C21H18O7. The average molecular weight is 382 g/mol. The fraction of sp³-hybridized carbons (Fsp3) is 0.238. The highest BCUT2D eigenvalue weighted by Crippen LogP contribution is 2.36. The Morgan fingerprint density at radius 2 is 1.86 bits per heavy atom. The third-order valence-corrected chi connectivity index (χ3v) is 4.55. The van der Waals surface area contributed by atoms with Crippen LogP contribution in [0.4, 0.5) is 0 Å². The van der Waals surface area contributed by atoms with Crippen molar-refractivity contribution in [2.75, 3.05) is 26.9 Å². The zero-order chi connectivity index (χ0) is 19.7. The van der Waals surface area contributed by atoms with Crippen LogP contribution in [-0.4, -0.2) is 32.9 Å². The van der Waals surface area contributed by atoms with Gasteiger partial charge in [0.15, 0.2) is 18.1 Å². The molecule has 0 unspecified atom stereocenters. The summed E-state index contributed by atoms with van der Waals surface area (Å²) >= 11 is 0. The summed E-state index contributed by atoms with van der Waals surface area (Å²) in [6.45, 7) is 2.60. The van der Waals surface area contributed by atoms with Gasteiger partial charge in [-0.15, -0.1) is 0 Å². The molecule has 3 aromatic rings. The van der Waals surface area contributed by atoms with Gasteiger partial charge in [-0.1, -0.05) is 6.07 Å². The molecule has 1 aromatic heterocycles. The van der Waals surface area contributed by atoms with Crippen LogP contribution in [0.2, 0.25) is 0 Å². The summed E-state index contributed by atoms with van der Waals surface area (Å²) in [5, 5.41) is 0.715. The first kappa shape index (κ1) is 17.9. The number of hydrogen-bond donors (Lipinski definition) is 0. The van der Waals surface area contributed by atoms with E-state index in [1.165, 1.54) is 7.11 Å². The lowest BCUT2D eigenvalue weighted by atomic mass is 9.99. The van der Waals surface area contributed by atoms with Gasteiger partial charge in [0.2, 0.25) is 0 Å². The van der Waals surface area contributed by atoms with Crippen LogP contribution in [0.5, 0.6) is 17.2 Å². The van der Waals surface area contributed by atoms with Crippen molar-refractivity contribution >= 4 is 16.9 Å². The van der Waals surface area contributed by atoms with E-state index in [-0.39, 0.29) is 6.61 Å². The molecule has 28 heavy (non-hydrogen) atoms. The van der Waals surface area contributed by atoms with Crippen molar-refractivity contribution < 1.29 is 28.2 Å². The second-order valence-corrected chi connectivity index (χ2v) is 6.27. The van der Waals surface area contributed by atoms with Crippen molar-refractivity contribution in [3.8, 4) is 28.4 Å². The molecule has 7 heteroatoms. The van der Waals surface area contributed by atoms with Crippen LogP contribution < -0.4 is 19.8 Å².